The van der Waals surface area contributed by atoms with Crippen LogP contribution in [-0.4, -0.2) is 5.71 Å². The molecule has 3 aromatic carbocycles. The van der Waals surface area contributed by atoms with Crippen molar-refractivity contribution in [2.24, 2.45) is 4.99 Å². The molecule has 0 amide bonds. The van der Waals surface area contributed by atoms with Crippen LogP contribution < -0.4 is 0 Å². The quantitative estimate of drug-likeness (QED) is 0.545. The topological polar surface area (TPSA) is 12.4 Å². The minimum atomic E-state index is -0.218. The predicted molar refractivity (Wildman–Crippen MR) is 99.5 cm³/mol. The number of nitrogens with zero attached hydrogens (tertiary/aromatic N) is 1. The summed E-state index contributed by atoms with van der Waals surface area (Å²) in [5.74, 6) is -0.218. The molecule has 0 unspecified atom stereocenters. The molecule has 0 bridgehead atoms. The zero-order valence-electron chi connectivity index (χ0n) is 13.8. The van der Waals surface area contributed by atoms with Crippen LogP contribution in [0.1, 0.15) is 25.0 Å². The molecule has 0 fully saturated rings. The van der Waals surface area contributed by atoms with Gasteiger partial charge in [-0.1, -0.05) is 62.4 Å². The van der Waals surface area contributed by atoms with Crippen LogP contribution in [0.15, 0.2) is 71.7 Å². The third kappa shape index (κ3) is 2.35. The predicted octanol–water partition coefficient (Wildman–Crippen LogP) is 6.06. The van der Waals surface area contributed by atoms with E-state index in [4.69, 9.17) is 4.99 Å². The summed E-state index contributed by atoms with van der Waals surface area (Å²) in [6.07, 6.45) is 4.04. The molecule has 0 spiro atoms. The van der Waals surface area contributed by atoms with E-state index >= 15 is 0 Å². The number of allylic oxidation sites excluding steroid dienone is 1. The Hall–Kier alpha value is -2.74. The molecule has 1 aliphatic rings. The molecule has 0 atom stereocenters. The summed E-state index contributed by atoms with van der Waals surface area (Å²) in [5.41, 5.74) is 4.15. The van der Waals surface area contributed by atoms with E-state index in [1.54, 1.807) is 12.1 Å². The highest BCUT2D eigenvalue weighted by molar-refractivity contribution is 6.13. The maximum atomic E-state index is 13.0. The van der Waals surface area contributed by atoms with E-state index in [0.717, 1.165) is 17.0 Å². The first-order chi connectivity index (χ1) is 11.6. The molecule has 0 aliphatic carbocycles. The smallest absolute Gasteiger partial charge is 0.123 e. The lowest BCUT2D eigenvalue weighted by Gasteiger charge is -2.22. The molecular weight excluding hydrogens is 297 g/mol. The Morgan fingerprint density at radius 3 is 2.42 bits per heavy atom. The van der Waals surface area contributed by atoms with Crippen LogP contribution in [0.3, 0.4) is 0 Å². The van der Waals surface area contributed by atoms with Crippen LogP contribution >= 0.6 is 0 Å². The fraction of sp³-hybridized carbons (Fsp3) is 0.136. The minimum Gasteiger partial charge on any atom is -0.252 e. The summed E-state index contributed by atoms with van der Waals surface area (Å²) in [5, 5.41) is 2.50. The summed E-state index contributed by atoms with van der Waals surface area (Å²) in [6, 6.07) is 19.2. The average Bonchev–Trinajstić information content (AvgIpc) is 2.85. The van der Waals surface area contributed by atoms with Crippen molar-refractivity contribution in [3.05, 3.63) is 83.7 Å². The Kier molecular flexibility index (Phi) is 3.34. The van der Waals surface area contributed by atoms with E-state index < -0.39 is 0 Å². The number of rotatable bonds is 2. The normalized spacial score (nSPS) is 15.7. The molecule has 24 heavy (non-hydrogen) atoms. The lowest BCUT2D eigenvalue weighted by Crippen LogP contribution is -2.24. The van der Waals surface area contributed by atoms with Gasteiger partial charge in [0, 0.05) is 5.41 Å². The van der Waals surface area contributed by atoms with Crippen LogP contribution in [0.4, 0.5) is 10.1 Å². The van der Waals surface area contributed by atoms with Gasteiger partial charge in [-0.05, 0) is 46.2 Å². The molecular formula is C22H18FN. The first-order valence-electron chi connectivity index (χ1n) is 8.11. The molecule has 3 aromatic rings. The molecule has 0 radical (unpaired) electrons. The van der Waals surface area contributed by atoms with Crippen LogP contribution in [0.5, 0.6) is 0 Å². The van der Waals surface area contributed by atoms with E-state index in [2.05, 4.69) is 50.2 Å². The van der Waals surface area contributed by atoms with Gasteiger partial charge in [-0.25, -0.2) is 4.39 Å². The Morgan fingerprint density at radius 1 is 0.875 bits per heavy atom. The van der Waals surface area contributed by atoms with Gasteiger partial charge in [0.2, 0.25) is 0 Å². The number of fused-ring (bicyclic) bond motifs is 3. The van der Waals surface area contributed by atoms with E-state index in [9.17, 15) is 4.39 Å². The number of benzene rings is 3. The lowest BCUT2D eigenvalue weighted by molar-refractivity contribution is 0.628. The van der Waals surface area contributed by atoms with Crippen molar-refractivity contribution >= 4 is 28.2 Å². The SMILES string of the molecule is CC1(C)C(/C=C/c2ccc(F)cc2)=Nc2ccc3ccccc3c21. The highest BCUT2D eigenvalue weighted by Crippen LogP contribution is 2.44. The molecule has 2 heteroatoms. The second-order valence-corrected chi connectivity index (χ2v) is 6.69. The molecule has 0 saturated heterocycles. The fourth-order valence-electron chi connectivity index (χ4n) is 3.40. The van der Waals surface area contributed by atoms with Crippen molar-refractivity contribution < 1.29 is 4.39 Å². The van der Waals surface area contributed by atoms with Crippen molar-refractivity contribution in [1.29, 1.82) is 0 Å². The van der Waals surface area contributed by atoms with E-state index in [-0.39, 0.29) is 11.2 Å². The molecule has 4 rings (SSSR count). The molecule has 1 aliphatic heterocycles. The van der Waals surface area contributed by atoms with Crippen molar-refractivity contribution in [3.8, 4) is 0 Å². The molecule has 0 saturated carbocycles. The number of hydrogen-bond acceptors (Lipinski definition) is 1. The standard InChI is InChI=1S/C22H18FN/c1-22(2)20(14-9-15-7-11-17(23)12-8-15)24-19-13-10-16-5-3-4-6-18(16)21(19)22/h3-14H,1-2H3/b14-9+. The first-order valence-corrected chi connectivity index (χ1v) is 8.11. The van der Waals surface area contributed by atoms with Crippen LogP contribution in [0.2, 0.25) is 0 Å². The summed E-state index contributed by atoms with van der Waals surface area (Å²) >= 11 is 0. The molecule has 0 N–H and O–H groups in total. The van der Waals surface area contributed by atoms with Crippen molar-refractivity contribution in [1.82, 2.24) is 0 Å². The van der Waals surface area contributed by atoms with Crippen molar-refractivity contribution in [2.75, 3.05) is 0 Å². The number of aliphatic imine (C=N–C) groups is 1. The number of hydrogen-bond donors (Lipinski definition) is 0. The molecule has 1 heterocycles. The second-order valence-electron chi connectivity index (χ2n) is 6.69. The Bertz CT molecular complexity index is 979. The maximum absolute atomic E-state index is 13.0. The largest absolute Gasteiger partial charge is 0.252 e. The van der Waals surface area contributed by atoms with Gasteiger partial charge in [0.1, 0.15) is 5.82 Å². The molecule has 0 aromatic heterocycles. The lowest BCUT2D eigenvalue weighted by atomic mass is 9.79. The van der Waals surface area contributed by atoms with Gasteiger partial charge in [-0.15, -0.1) is 0 Å². The Balaban J connectivity index is 1.76. The van der Waals surface area contributed by atoms with Crippen LogP contribution in [0, 0.1) is 5.82 Å². The van der Waals surface area contributed by atoms with Gasteiger partial charge in [0.05, 0.1) is 11.4 Å². The maximum Gasteiger partial charge on any atom is 0.123 e. The van der Waals surface area contributed by atoms with Gasteiger partial charge in [-0.3, -0.25) is 4.99 Å². The van der Waals surface area contributed by atoms with Crippen LogP contribution in [-0.2, 0) is 5.41 Å². The van der Waals surface area contributed by atoms with Gasteiger partial charge in [0.15, 0.2) is 0 Å². The minimum absolute atomic E-state index is 0.160. The summed E-state index contributed by atoms with van der Waals surface area (Å²) in [4.78, 5) is 4.84. The molecule has 118 valence electrons. The van der Waals surface area contributed by atoms with E-state index in [1.807, 2.05) is 12.2 Å². The first kappa shape index (κ1) is 14.8. The fourth-order valence-corrected chi connectivity index (χ4v) is 3.40. The molecule has 1 nitrogen and oxygen atoms in total. The van der Waals surface area contributed by atoms with E-state index in [0.29, 0.717) is 0 Å². The zero-order valence-corrected chi connectivity index (χ0v) is 13.8. The summed E-state index contributed by atoms with van der Waals surface area (Å²) < 4.78 is 13.0. The third-order valence-electron chi connectivity index (χ3n) is 4.72. The van der Waals surface area contributed by atoms with E-state index in [1.165, 1.54) is 28.5 Å². The number of halogens is 1. The monoisotopic (exact) mass is 315 g/mol. The van der Waals surface area contributed by atoms with Gasteiger partial charge in [-0.2, -0.15) is 0 Å². The second kappa shape index (κ2) is 5.41. The summed E-state index contributed by atoms with van der Waals surface area (Å²) in [7, 11) is 0. The van der Waals surface area contributed by atoms with Gasteiger partial charge in [0.25, 0.3) is 0 Å². The Morgan fingerprint density at radius 2 is 1.62 bits per heavy atom. The zero-order chi connectivity index (χ0) is 16.7. The van der Waals surface area contributed by atoms with Crippen molar-refractivity contribution in [2.45, 2.75) is 19.3 Å². The highest BCUT2D eigenvalue weighted by Gasteiger charge is 2.34. The van der Waals surface area contributed by atoms with Crippen molar-refractivity contribution in [3.63, 3.8) is 0 Å². The van der Waals surface area contributed by atoms with Gasteiger partial charge >= 0.3 is 0 Å². The van der Waals surface area contributed by atoms with Gasteiger partial charge < -0.3 is 0 Å². The highest BCUT2D eigenvalue weighted by atomic mass is 19.1. The summed E-state index contributed by atoms with van der Waals surface area (Å²) in [6.45, 7) is 4.41. The Labute approximate surface area is 141 Å². The average molecular weight is 315 g/mol. The third-order valence-corrected chi connectivity index (χ3v) is 4.72. The van der Waals surface area contributed by atoms with Crippen LogP contribution in [0.25, 0.3) is 16.8 Å².